The minimum atomic E-state index is 0.00921. The molecule has 5 heteroatoms. The molecule has 0 spiro atoms. The van der Waals surface area contributed by atoms with Gasteiger partial charge in [0.05, 0.1) is 4.47 Å². The Labute approximate surface area is 128 Å². The molecule has 0 saturated carbocycles. The molecule has 1 aromatic carbocycles. The number of likely N-dealkylation sites (N-methyl/N-ethyl adjacent to an activating group) is 1. The van der Waals surface area contributed by atoms with Crippen molar-refractivity contribution < 1.29 is 9.90 Å². The molecular formula is C15H21BrN2O2. The number of amides is 1. The Bertz CT molecular complexity index is 493. The van der Waals surface area contributed by atoms with Crippen molar-refractivity contribution in [1.82, 2.24) is 9.80 Å². The molecule has 2 rings (SSSR count). The number of rotatable bonds is 2. The Morgan fingerprint density at radius 3 is 2.85 bits per heavy atom. The third-order valence-electron chi connectivity index (χ3n) is 3.83. The van der Waals surface area contributed by atoms with Gasteiger partial charge < -0.3 is 14.9 Å². The molecule has 1 fully saturated rings. The third kappa shape index (κ3) is 3.33. The van der Waals surface area contributed by atoms with Crippen molar-refractivity contribution >= 4 is 21.8 Å². The fraction of sp³-hybridized carbons (Fsp3) is 0.533. The number of halogens is 1. The van der Waals surface area contributed by atoms with E-state index in [1.54, 1.807) is 12.1 Å². The second-order valence-electron chi connectivity index (χ2n) is 5.34. The van der Waals surface area contributed by atoms with Crippen molar-refractivity contribution in [3.05, 3.63) is 28.2 Å². The maximum absolute atomic E-state index is 12.7. The molecule has 0 aliphatic carbocycles. The molecule has 20 heavy (non-hydrogen) atoms. The fourth-order valence-electron chi connectivity index (χ4n) is 2.67. The number of hydrogen-bond donors (Lipinski definition) is 1. The summed E-state index contributed by atoms with van der Waals surface area (Å²) in [6.45, 7) is 4.82. The molecule has 0 bridgehead atoms. The lowest BCUT2D eigenvalue weighted by Gasteiger charge is -2.30. The third-order valence-corrected chi connectivity index (χ3v) is 4.50. The van der Waals surface area contributed by atoms with Gasteiger partial charge >= 0.3 is 0 Å². The zero-order valence-corrected chi connectivity index (χ0v) is 13.6. The molecule has 1 aliphatic heterocycles. The fourth-order valence-corrected chi connectivity index (χ4v) is 2.92. The van der Waals surface area contributed by atoms with Gasteiger partial charge in [0.1, 0.15) is 5.75 Å². The molecule has 1 amide bonds. The van der Waals surface area contributed by atoms with E-state index in [-0.39, 0.29) is 17.7 Å². The van der Waals surface area contributed by atoms with E-state index in [0.717, 1.165) is 32.5 Å². The Balaban J connectivity index is 2.23. The van der Waals surface area contributed by atoms with Gasteiger partial charge in [-0.05, 0) is 60.6 Å². The Morgan fingerprint density at radius 2 is 2.20 bits per heavy atom. The predicted molar refractivity (Wildman–Crippen MR) is 83.0 cm³/mol. The maximum atomic E-state index is 12.7. The van der Waals surface area contributed by atoms with Crippen molar-refractivity contribution in [2.24, 2.45) is 0 Å². The zero-order valence-electron chi connectivity index (χ0n) is 12.0. The SMILES string of the molecule is CCC1CN(C)CCCN1C(=O)c1ccc(Br)c(O)c1. The summed E-state index contributed by atoms with van der Waals surface area (Å²) < 4.78 is 0.608. The molecular weight excluding hydrogens is 320 g/mol. The van der Waals surface area contributed by atoms with Gasteiger partial charge in [0.2, 0.25) is 0 Å². The summed E-state index contributed by atoms with van der Waals surface area (Å²) >= 11 is 3.24. The van der Waals surface area contributed by atoms with Crippen LogP contribution in [0.1, 0.15) is 30.1 Å². The Morgan fingerprint density at radius 1 is 1.45 bits per heavy atom. The van der Waals surface area contributed by atoms with Crippen LogP contribution in [0.4, 0.5) is 0 Å². The highest BCUT2D eigenvalue weighted by Crippen LogP contribution is 2.26. The van der Waals surface area contributed by atoms with Crippen LogP contribution < -0.4 is 0 Å². The lowest BCUT2D eigenvalue weighted by Crippen LogP contribution is -2.43. The number of phenolic OH excluding ortho intramolecular Hbond substituents is 1. The molecule has 1 atom stereocenters. The van der Waals surface area contributed by atoms with Crippen LogP contribution in [0.3, 0.4) is 0 Å². The van der Waals surface area contributed by atoms with E-state index in [4.69, 9.17) is 0 Å². The van der Waals surface area contributed by atoms with E-state index < -0.39 is 0 Å². The van der Waals surface area contributed by atoms with Gasteiger partial charge in [-0.3, -0.25) is 4.79 Å². The smallest absolute Gasteiger partial charge is 0.254 e. The maximum Gasteiger partial charge on any atom is 0.254 e. The van der Waals surface area contributed by atoms with E-state index >= 15 is 0 Å². The number of hydrogen-bond acceptors (Lipinski definition) is 3. The molecule has 4 nitrogen and oxygen atoms in total. The molecule has 0 aromatic heterocycles. The van der Waals surface area contributed by atoms with Crippen LogP contribution in [-0.4, -0.2) is 53.5 Å². The number of benzene rings is 1. The molecule has 1 unspecified atom stereocenters. The molecule has 1 aromatic rings. The predicted octanol–water partition coefficient (Wildman–Crippen LogP) is 2.71. The van der Waals surface area contributed by atoms with Gasteiger partial charge in [-0.1, -0.05) is 6.92 Å². The molecule has 1 aliphatic rings. The van der Waals surface area contributed by atoms with Gasteiger partial charge in [-0.15, -0.1) is 0 Å². The number of aromatic hydroxyl groups is 1. The van der Waals surface area contributed by atoms with E-state index in [0.29, 0.717) is 10.0 Å². The van der Waals surface area contributed by atoms with E-state index in [9.17, 15) is 9.90 Å². The highest BCUT2D eigenvalue weighted by atomic mass is 79.9. The second-order valence-corrected chi connectivity index (χ2v) is 6.20. The lowest BCUT2D eigenvalue weighted by molar-refractivity contribution is 0.0675. The average Bonchev–Trinajstić information content (AvgIpc) is 2.62. The number of carbonyl (C=O) groups is 1. The molecule has 1 saturated heterocycles. The topological polar surface area (TPSA) is 43.8 Å². The summed E-state index contributed by atoms with van der Waals surface area (Å²) in [5, 5.41) is 9.74. The first-order chi connectivity index (χ1) is 9.52. The first-order valence-corrected chi connectivity index (χ1v) is 7.80. The van der Waals surface area contributed by atoms with Gasteiger partial charge in [-0.2, -0.15) is 0 Å². The summed E-state index contributed by atoms with van der Waals surface area (Å²) in [6.07, 6.45) is 1.93. The summed E-state index contributed by atoms with van der Waals surface area (Å²) in [5.74, 6) is 0.116. The van der Waals surface area contributed by atoms with Gasteiger partial charge in [0.25, 0.3) is 5.91 Å². The first-order valence-electron chi connectivity index (χ1n) is 7.01. The van der Waals surface area contributed by atoms with Crippen molar-refractivity contribution in [1.29, 1.82) is 0 Å². The summed E-state index contributed by atoms with van der Waals surface area (Å²) in [5.41, 5.74) is 0.550. The Hall–Kier alpha value is -1.07. The molecule has 1 N–H and O–H groups in total. The highest BCUT2D eigenvalue weighted by molar-refractivity contribution is 9.10. The van der Waals surface area contributed by atoms with Crippen LogP contribution in [0.25, 0.3) is 0 Å². The molecule has 110 valence electrons. The number of nitrogens with zero attached hydrogens (tertiary/aromatic N) is 2. The minimum Gasteiger partial charge on any atom is -0.507 e. The number of carbonyl (C=O) groups excluding carboxylic acids is 1. The normalized spacial score (nSPS) is 20.8. The van der Waals surface area contributed by atoms with Crippen molar-refractivity contribution in [2.75, 3.05) is 26.7 Å². The van der Waals surface area contributed by atoms with E-state index in [1.165, 1.54) is 6.07 Å². The summed E-state index contributed by atoms with van der Waals surface area (Å²) in [4.78, 5) is 16.9. The zero-order chi connectivity index (χ0) is 14.7. The Kier molecular flexibility index (Phi) is 5.05. The minimum absolute atomic E-state index is 0.00921. The molecule has 1 heterocycles. The van der Waals surface area contributed by atoms with Crippen molar-refractivity contribution in [3.63, 3.8) is 0 Å². The van der Waals surface area contributed by atoms with Crippen molar-refractivity contribution in [3.8, 4) is 5.75 Å². The average molecular weight is 341 g/mol. The first kappa shape index (κ1) is 15.3. The van der Waals surface area contributed by atoms with Crippen LogP contribution in [0, 0.1) is 0 Å². The van der Waals surface area contributed by atoms with Gasteiger partial charge in [0, 0.05) is 24.7 Å². The summed E-state index contributed by atoms with van der Waals surface area (Å²) in [6, 6.07) is 5.25. The highest BCUT2D eigenvalue weighted by Gasteiger charge is 2.27. The van der Waals surface area contributed by atoms with Crippen LogP contribution in [-0.2, 0) is 0 Å². The van der Waals surface area contributed by atoms with Gasteiger partial charge in [-0.25, -0.2) is 0 Å². The van der Waals surface area contributed by atoms with Crippen LogP contribution in [0.15, 0.2) is 22.7 Å². The number of phenols is 1. The van der Waals surface area contributed by atoms with Crippen LogP contribution in [0.5, 0.6) is 5.75 Å². The van der Waals surface area contributed by atoms with E-state index in [1.807, 2.05) is 4.90 Å². The molecule has 0 radical (unpaired) electrons. The van der Waals surface area contributed by atoms with Crippen LogP contribution >= 0.6 is 15.9 Å². The summed E-state index contributed by atoms with van der Waals surface area (Å²) in [7, 11) is 2.10. The second kappa shape index (κ2) is 6.59. The monoisotopic (exact) mass is 340 g/mol. The largest absolute Gasteiger partial charge is 0.507 e. The lowest BCUT2D eigenvalue weighted by atomic mass is 10.1. The van der Waals surface area contributed by atoms with E-state index in [2.05, 4.69) is 34.8 Å². The standard InChI is InChI=1S/C15H21BrN2O2/c1-3-12-10-17(2)7-4-8-18(12)15(20)11-5-6-13(16)14(19)9-11/h5-6,9,12,19H,3-4,7-8,10H2,1-2H3. The van der Waals surface area contributed by atoms with Gasteiger partial charge in [0.15, 0.2) is 0 Å². The van der Waals surface area contributed by atoms with Crippen molar-refractivity contribution in [2.45, 2.75) is 25.8 Å². The van der Waals surface area contributed by atoms with Crippen LogP contribution in [0.2, 0.25) is 0 Å². The quantitative estimate of drug-likeness (QED) is 0.900.